The molecule has 3 aromatic heterocycles. The number of hydrogen-bond acceptors (Lipinski definition) is 5. The first-order valence-corrected chi connectivity index (χ1v) is 16.8. The fourth-order valence-electron chi connectivity index (χ4n) is 6.85. The summed E-state index contributed by atoms with van der Waals surface area (Å²) in [5, 5.41) is 4.56. The number of furan rings is 1. The molecule has 0 aliphatic rings. The zero-order valence-corrected chi connectivity index (χ0v) is 26.4. The highest BCUT2D eigenvalue weighted by atomic mass is 32.1. The third-order valence-corrected chi connectivity index (χ3v) is 10.2. The summed E-state index contributed by atoms with van der Waals surface area (Å²) in [4.78, 5) is 7.16. The van der Waals surface area contributed by atoms with Crippen molar-refractivity contribution in [3.63, 3.8) is 0 Å². The molecule has 0 unspecified atom stereocenters. The molecular formula is C43H26N2O2S. The van der Waals surface area contributed by atoms with E-state index >= 15 is 0 Å². The Morgan fingerprint density at radius 3 is 2.06 bits per heavy atom. The molecule has 0 spiro atoms. The average Bonchev–Trinajstić information content (AvgIpc) is 3.84. The van der Waals surface area contributed by atoms with E-state index in [1.807, 2.05) is 53.8 Å². The molecule has 226 valence electrons. The van der Waals surface area contributed by atoms with E-state index in [0.717, 1.165) is 61.2 Å². The largest absolute Gasteiger partial charge is 0.456 e. The van der Waals surface area contributed by atoms with Gasteiger partial charge >= 0.3 is 0 Å². The average molecular weight is 635 g/mol. The van der Waals surface area contributed by atoms with E-state index in [9.17, 15) is 0 Å². The van der Waals surface area contributed by atoms with Crippen LogP contribution in [0, 0.1) is 0 Å². The summed E-state index contributed by atoms with van der Waals surface area (Å²) in [6, 6.07) is 55.1. The lowest BCUT2D eigenvalue weighted by Gasteiger charge is -2.27. The molecule has 7 aromatic carbocycles. The van der Waals surface area contributed by atoms with Crippen molar-refractivity contribution in [2.45, 2.75) is 0 Å². The Kier molecular flexibility index (Phi) is 6.01. The summed E-state index contributed by atoms with van der Waals surface area (Å²) in [6.07, 6.45) is 0. The summed E-state index contributed by atoms with van der Waals surface area (Å²) >= 11 is 1.83. The predicted octanol–water partition coefficient (Wildman–Crippen LogP) is 12.9. The Balaban J connectivity index is 1.22. The number of hydrogen-bond donors (Lipinski definition) is 0. The molecule has 0 atom stereocenters. The second-order valence-corrected chi connectivity index (χ2v) is 13.1. The predicted molar refractivity (Wildman–Crippen MR) is 200 cm³/mol. The number of fused-ring (bicyclic) bond motifs is 7. The van der Waals surface area contributed by atoms with Crippen LogP contribution in [0.2, 0.25) is 0 Å². The molecule has 0 aliphatic heterocycles. The van der Waals surface area contributed by atoms with Gasteiger partial charge in [0, 0.05) is 48.6 Å². The zero-order chi connectivity index (χ0) is 31.6. The van der Waals surface area contributed by atoms with Crippen LogP contribution in [0.25, 0.3) is 75.8 Å². The SMILES string of the molecule is c1ccc(-c2cccc(N(c3ccc4c(c3)sc3ccccc34)c3cccc4oc5cc6nc(-c7ccccc7)oc6cc5c34)c2)cc1. The summed E-state index contributed by atoms with van der Waals surface area (Å²) in [7, 11) is 0. The highest BCUT2D eigenvalue weighted by Crippen LogP contribution is 2.46. The van der Waals surface area contributed by atoms with Crippen molar-refractivity contribution in [1.82, 2.24) is 4.98 Å². The fourth-order valence-corrected chi connectivity index (χ4v) is 7.99. The second kappa shape index (κ2) is 10.7. The van der Waals surface area contributed by atoms with E-state index in [1.54, 1.807) is 0 Å². The van der Waals surface area contributed by atoms with Crippen molar-refractivity contribution in [3.05, 3.63) is 158 Å². The van der Waals surface area contributed by atoms with Crippen LogP contribution in [0.1, 0.15) is 0 Å². The molecule has 0 fully saturated rings. The molecule has 0 aliphatic carbocycles. The molecule has 0 bridgehead atoms. The minimum atomic E-state index is 0.596. The fraction of sp³-hybridized carbons (Fsp3) is 0. The zero-order valence-electron chi connectivity index (χ0n) is 25.6. The van der Waals surface area contributed by atoms with Gasteiger partial charge in [-0.15, -0.1) is 11.3 Å². The lowest BCUT2D eigenvalue weighted by molar-refractivity contribution is 0.620. The smallest absolute Gasteiger partial charge is 0.227 e. The van der Waals surface area contributed by atoms with Gasteiger partial charge in [-0.05, 0) is 71.8 Å². The standard InChI is InChI=1S/C43H26N2O2S/c1-3-11-27(12-4-1)29-15-9-16-30(23-29)45(31-21-22-33-32-17-7-8-20-40(32)48-41(33)24-31)36-18-10-19-37-42(36)34-25-39-35(26-38(34)46-37)44-43(47-39)28-13-5-2-6-14-28/h1-26H. The maximum Gasteiger partial charge on any atom is 0.227 e. The maximum absolute atomic E-state index is 6.53. The van der Waals surface area contributed by atoms with Crippen LogP contribution in [0.3, 0.4) is 0 Å². The van der Waals surface area contributed by atoms with Crippen LogP contribution >= 0.6 is 11.3 Å². The molecule has 5 heteroatoms. The monoisotopic (exact) mass is 634 g/mol. The normalized spacial score (nSPS) is 11.8. The molecule has 3 heterocycles. The van der Waals surface area contributed by atoms with Crippen LogP contribution in [-0.4, -0.2) is 4.98 Å². The van der Waals surface area contributed by atoms with Crippen molar-refractivity contribution in [2.75, 3.05) is 4.90 Å². The minimum Gasteiger partial charge on any atom is -0.456 e. The van der Waals surface area contributed by atoms with E-state index in [1.165, 1.54) is 25.7 Å². The van der Waals surface area contributed by atoms with Crippen molar-refractivity contribution >= 4 is 81.6 Å². The van der Waals surface area contributed by atoms with Gasteiger partial charge in [-0.3, -0.25) is 0 Å². The third kappa shape index (κ3) is 4.33. The van der Waals surface area contributed by atoms with Gasteiger partial charge < -0.3 is 13.7 Å². The van der Waals surface area contributed by atoms with Crippen LogP contribution in [0.4, 0.5) is 17.1 Å². The van der Waals surface area contributed by atoms with E-state index in [4.69, 9.17) is 13.8 Å². The summed E-state index contributed by atoms with van der Waals surface area (Å²) in [6.45, 7) is 0. The van der Waals surface area contributed by atoms with Crippen molar-refractivity contribution in [3.8, 4) is 22.6 Å². The highest BCUT2D eigenvalue weighted by molar-refractivity contribution is 7.25. The molecule has 48 heavy (non-hydrogen) atoms. The van der Waals surface area contributed by atoms with Crippen molar-refractivity contribution in [2.24, 2.45) is 0 Å². The molecule has 0 saturated heterocycles. The molecular weight excluding hydrogens is 609 g/mol. The van der Waals surface area contributed by atoms with Gasteiger partial charge in [-0.1, -0.05) is 91.0 Å². The Labute approximate surface area is 279 Å². The van der Waals surface area contributed by atoms with Crippen LogP contribution in [0.5, 0.6) is 0 Å². The van der Waals surface area contributed by atoms with Crippen molar-refractivity contribution in [1.29, 1.82) is 0 Å². The first kappa shape index (κ1) is 27.0. The lowest BCUT2D eigenvalue weighted by atomic mass is 10.0. The van der Waals surface area contributed by atoms with E-state index in [2.05, 4.69) is 120 Å². The Morgan fingerprint density at radius 2 is 1.19 bits per heavy atom. The van der Waals surface area contributed by atoms with Gasteiger partial charge in [0.15, 0.2) is 5.58 Å². The Morgan fingerprint density at radius 1 is 0.458 bits per heavy atom. The van der Waals surface area contributed by atoms with Gasteiger partial charge in [0.1, 0.15) is 16.7 Å². The third-order valence-electron chi connectivity index (χ3n) is 9.08. The Bertz CT molecular complexity index is 2790. The van der Waals surface area contributed by atoms with Crippen LogP contribution in [-0.2, 0) is 0 Å². The lowest BCUT2D eigenvalue weighted by Crippen LogP contribution is -2.10. The minimum absolute atomic E-state index is 0.596. The highest BCUT2D eigenvalue weighted by Gasteiger charge is 2.22. The number of rotatable bonds is 5. The number of oxazole rings is 1. The number of nitrogens with zero attached hydrogens (tertiary/aromatic N) is 2. The van der Waals surface area contributed by atoms with Gasteiger partial charge in [0.05, 0.1) is 11.1 Å². The molecule has 0 amide bonds. The first-order chi connectivity index (χ1) is 23.8. The molecule has 0 N–H and O–H groups in total. The summed E-state index contributed by atoms with van der Waals surface area (Å²) in [5.74, 6) is 0.596. The van der Waals surface area contributed by atoms with Crippen molar-refractivity contribution < 1.29 is 8.83 Å². The second-order valence-electron chi connectivity index (χ2n) is 12.0. The number of thiophene rings is 1. The van der Waals surface area contributed by atoms with Gasteiger partial charge in [0.25, 0.3) is 0 Å². The molecule has 0 saturated carbocycles. The Hall–Kier alpha value is -6.17. The summed E-state index contributed by atoms with van der Waals surface area (Å²) < 4.78 is 15.4. The van der Waals surface area contributed by atoms with E-state index in [-0.39, 0.29) is 0 Å². The first-order valence-electron chi connectivity index (χ1n) is 15.9. The number of aromatic nitrogens is 1. The van der Waals surface area contributed by atoms with E-state index < -0.39 is 0 Å². The molecule has 4 nitrogen and oxygen atoms in total. The van der Waals surface area contributed by atoms with Crippen LogP contribution in [0.15, 0.2) is 167 Å². The molecule has 10 aromatic rings. The van der Waals surface area contributed by atoms with Gasteiger partial charge in [-0.25, -0.2) is 4.98 Å². The number of benzene rings is 7. The van der Waals surface area contributed by atoms with Crippen LogP contribution < -0.4 is 4.90 Å². The molecule has 0 radical (unpaired) electrons. The molecule has 10 rings (SSSR count). The maximum atomic E-state index is 6.53. The van der Waals surface area contributed by atoms with E-state index in [0.29, 0.717) is 5.89 Å². The topological polar surface area (TPSA) is 42.4 Å². The number of anilines is 3. The quantitative estimate of drug-likeness (QED) is 0.189. The van der Waals surface area contributed by atoms with Gasteiger partial charge in [0.2, 0.25) is 5.89 Å². The van der Waals surface area contributed by atoms with Gasteiger partial charge in [-0.2, -0.15) is 0 Å². The summed E-state index contributed by atoms with van der Waals surface area (Å²) in [5.41, 5.74) is 9.51.